The van der Waals surface area contributed by atoms with Crippen molar-refractivity contribution in [3.05, 3.63) is 53.2 Å². The Hall–Kier alpha value is -1.65. The van der Waals surface area contributed by atoms with E-state index in [2.05, 4.69) is 45.8 Å². The standard InChI is InChI=1S/C16H14ClN3S/c17-11-1-4-16-13(8-11)15(5-6-21-16)19-12-2-3-14-10(7-12)9-18-20-14/h1-4,7-9,15,19H,5-6H2,(H,18,20). The first-order valence-corrected chi connectivity index (χ1v) is 8.28. The lowest BCUT2D eigenvalue weighted by molar-refractivity contribution is 0.729. The average Bonchev–Trinajstić information content (AvgIpc) is 2.95. The number of halogens is 1. The van der Waals surface area contributed by atoms with Crippen molar-refractivity contribution in [1.82, 2.24) is 10.2 Å². The van der Waals surface area contributed by atoms with Crippen molar-refractivity contribution in [2.45, 2.75) is 17.4 Å². The fraction of sp³-hybridized carbons (Fsp3) is 0.188. The number of fused-ring (bicyclic) bond motifs is 2. The summed E-state index contributed by atoms with van der Waals surface area (Å²) in [7, 11) is 0. The molecule has 2 N–H and O–H groups in total. The lowest BCUT2D eigenvalue weighted by Gasteiger charge is -2.27. The van der Waals surface area contributed by atoms with Crippen LogP contribution in [-0.2, 0) is 0 Å². The SMILES string of the molecule is Clc1ccc2c(c1)C(Nc1ccc3[nH]ncc3c1)CCS2. The number of rotatable bonds is 2. The molecule has 5 heteroatoms. The third-order valence-corrected chi connectivity index (χ3v) is 5.15. The maximum Gasteiger partial charge on any atom is 0.0651 e. The van der Waals surface area contributed by atoms with E-state index in [1.807, 2.05) is 24.0 Å². The number of anilines is 1. The van der Waals surface area contributed by atoms with Gasteiger partial charge in [0.15, 0.2) is 0 Å². The van der Waals surface area contributed by atoms with Gasteiger partial charge in [-0.3, -0.25) is 5.10 Å². The number of thioether (sulfide) groups is 1. The molecule has 2 aromatic carbocycles. The van der Waals surface area contributed by atoms with Crippen molar-refractivity contribution in [3.63, 3.8) is 0 Å². The molecule has 0 saturated carbocycles. The van der Waals surface area contributed by atoms with Gasteiger partial charge in [-0.1, -0.05) is 11.6 Å². The van der Waals surface area contributed by atoms with Gasteiger partial charge in [0.25, 0.3) is 0 Å². The van der Waals surface area contributed by atoms with Crippen molar-refractivity contribution < 1.29 is 0 Å². The van der Waals surface area contributed by atoms with Crippen LogP contribution in [0.15, 0.2) is 47.5 Å². The molecule has 1 aliphatic rings. The molecule has 1 aromatic heterocycles. The van der Waals surface area contributed by atoms with Crippen LogP contribution in [0.4, 0.5) is 5.69 Å². The zero-order valence-corrected chi connectivity index (χ0v) is 12.8. The van der Waals surface area contributed by atoms with Gasteiger partial charge in [-0.2, -0.15) is 5.10 Å². The Morgan fingerprint density at radius 2 is 2.19 bits per heavy atom. The van der Waals surface area contributed by atoms with Gasteiger partial charge in [0.1, 0.15) is 0 Å². The molecule has 3 nitrogen and oxygen atoms in total. The fourth-order valence-electron chi connectivity index (χ4n) is 2.75. The third-order valence-electron chi connectivity index (χ3n) is 3.79. The van der Waals surface area contributed by atoms with Crippen LogP contribution in [0.25, 0.3) is 10.9 Å². The molecule has 0 fully saturated rings. The number of nitrogens with one attached hydrogen (secondary N) is 2. The summed E-state index contributed by atoms with van der Waals surface area (Å²) in [5.41, 5.74) is 3.47. The molecule has 1 unspecified atom stereocenters. The van der Waals surface area contributed by atoms with E-state index >= 15 is 0 Å². The van der Waals surface area contributed by atoms with Crippen molar-refractivity contribution in [3.8, 4) is 0 Å². The van der Waals surface area contributed by atoms with E-state index in [1.165, 1.54) is 10.5 Å². The van der Waals surface area contributed by atoms with E-state index in [1.54, 1.807) is 0 Å². The molecule has 0 radical (unpaired) electrons. The van der Waals surface area contributed by atoms with Gasteiger partial charge < -0.3 is 5.32 Å². The zero-order valence-electron chi connectivity index (χ0n) is 11.3. The molecule has 0 spiro atoms. The lowest BCUT2D eigenvalue weighted by Crippen LogP contribution is -2.16. The number of aromatic amines is 1. The first-order chi connectivity index (χ1) is 10.3. The van der Waals surface area contributed by atoms with Gasteiger partial charge in [0.2, 0.25) is 0 Å². The van der Waals surface area contributed by atoms with Crippen LogP contribution in [0.3, 0.4) is 0 Å². The Balaban J connectivity index is 1.67. The molecule has 0 aliphatic carbocycles. The molecule has 4 rings (SSSR count). The van der Waals surface area contributed by atoms with Crippen LogP contribution < -0.4 is 5.32 Å². The van der Waals surface area contributed by atoms with Gasteiger partial charge in [-0.25, -0.2) is 0 Å². The van der Waals surface area contributed by atoms with Gasteiger partial charge in [-0.05, 0) is 48.4 Å². The number of benzene rings is 2. The van der Waals surface area contributed by atoms with Gasteiger partial charge >= 0.3 is 0 Å². The predicted molar refractivity (Wildman–Crippen MR) is 89.3 cm³/mol. The highest BCUT2D eigenvalue weighted by molar-refractivity contribution is 7.99. The molecule has 1 atom stereocenters. The van der Waals surface area contributed by atoms with Crippen LogP contribution in [0.1, 0.15) is 18.0 Å². The molecule has 0 saturated heterocycles. The van der Waals surface area contributed by atoms with E-state index in [0.717, 1.165) is 33.8 Å². The largest absolute Gasteiger partial charge is 0.378 e. The second-order valence-corrected chi connectivity index (χ2v) is 6.76. The van der Waals surface area contributed by atoms with Crippen LogP contribution in [-0.4, -0.2) is 16.0 Å². The summed E-state index contributed by atoms with van der Waals surface area (Å²) in [6.07, 6.45) is 2.95. The molecular weight excluding hydrogens is 302 g/mol. The minimum absolute atomic E-state index is 0.310. The first-order valence-electron chi connectivity index (χ1n) is 6.91. The normalized spacial score (nSPS) is 17.7. The Bertz CT molecular complexity index is 799. The van der Waals surface area contributed by atoms with Gasteiger partial charge in [0, 0.05) is 26.7 Å². The topological polar surface area (TPSA) is 40.7 Å². The smallest absolute Gasteiger partial charge is 0.0651 e. The Kier molecular flexibility index (Phi) is 3.28. The minimum atomic E-state index is 0.310. The molecule has 3 aromatic rings. The number of H-pyrrole nitrogens is 1. The summed E-state index contributed by atoms with van der Waals surface area (Å²) in [5.74, 6) is 1.13. The predicted octanol–water partition coefficient (Wildman–Crippen LogP) is 4.87. The minimum Gasteiger partial charge on any atom is -0.378 e. The molecule has 2 heterocycles. The maximum absolute atomic E-state index is 6.16. The van der Waals surface area contributed by atoms with Gasteiger partial charge in [0.05, 0.1) is 17.8 Å². The van der Waals surface area contributed by atoms with Gasteiger partial charge in [-0.15, -0.1) is 11.8 Å². The number of hydrogen-bond donors (Lipinski definition) is 2. The summed E-state index contributed by atoms with van der Waals surface area (Å²) in [4.78, 5) is 1.33. The highest BCUT2D eigenvalue weighted by Gasteiger charge is 2.21. The van der Waals surface area contributed by atoms with Crippen LogP contribution in [0.5, 0.6) is 0 Å². The van der Waals surface area contributed by atoms with Crippen molar-refractivity contribution in [2.24, 2.45) is 0 Å². The van der Waals surface area contributed by atoms with E-state index in [4.69, 9.17) is 11.6 Å². The summed E-state index contributed by atoms with van der Waals surface area (Å²) < 4.78 is 0. The molecular formula is C16H14ClN3S. The molecule has 0 bridgehead atoms. The van der Waals surface area contributed by atoms with E-state index < -0.39 is 0 Å². The summed E-state index contributed by atoms with van der Waals surface area (Å²) in [6.45, 7) is 0. The Labute approximate surface area is 132 Å². The number of nitrogens with zero attached hydrogens (tertiary/aromatic N) is 1. The third kappa shape index (κ3) is 2.49. The maximum atomic E-state index is 6.16. The van der Waals surface area contributed by atoms with E-state index in [0.29, 0.717) is 6.04 Å². The van der Waals surface area contributed by atoms with Crippen molar-refractivity contribution in [2.75, 3.05) is 11.1 Å². The van der Waals surface area contributed by atoms with Crippen LogP contribution in [0.2, 0.25) is 5.02 Å². The lowest BCUT2D eigenvalue weighted by atomic mass is 10.0. The van der Waals surface area contributed by atoms with E-state index in [-0.39, 0.29) is 0 Å². The Morgan fingerprint density at radius 1 is 1.24 bits per heavy atom. The second-order valence-electron chi connectivity index (χ2n) is 5.19. The molecule has 0 amide bonds. The van der Waals surface area contributed by atoms with E-state index in [9.17, 15) is 0 Å². The fourth-order valence-corrected chi connectivity index (χ4v) is 4.04. The average molecular weight is 316 g/mol. The second kappa shape index (κ2) is 5.28. The van der Waals surface area contributed by atoms with Crippen molar-refractivity contribution >= 4 is 40.0 Å². The summed E-state index contributed by atoms with van der Waals surface area (Å²) >= 11 is 8.06. The van der Waals surface area contributed by atoms with Crippen LogP contribution >= 0.6 is 23.4 Å². The van der Waals surface area contributed by atoms with Crippen LogP contribution in [0, 0.1) is 0 Å². The molecule has 21 heavy (non-hydrogen) atoms. The first kappa shape index (κ1) is 13.0. The summed E-state index contributed by atoms with van der Waals surface area (Å²) in [5, 5.41) is 12.6. The zero-order chi connectivity index (χ0) is 14.2. The Morgan fingerprint density at radius 3 is 3.14 bits per heavy atom. The summed E-state index contributed by atoms with van der Waals surface area (Å²) in [6, 6.07) is 12.8. The van der Waals surface area contributed by atoms with Crippen molar-refractivity contribution in [1.29, 1.82) is 0 Å². The highest BCUT2D eigenvalue weighted by atomic mass is 35.5. The monoisotopic (exact) mass is 315 g/mol. The quantitative estimate of drug-likeness (QED) is 0.709. The number of hydrogen-bond acceptors (Lipinski definition) is 3. The molecule has 1 aliphatic heterocycles. The highest BCUT2D eigenvalue weighted by Crippen LogP contribution is 2.39. The number of aromatic nitrogens is 2. The molecule has 106 valence electrons.